The van der Waals surface area contributed by atoms with E-state index in [4.69, 9.17) is 0 Å². The number of nitrogens with zero attached hydrogens (tertiary/aromatic N) is 2. The molecule has 1 aliphatic carbocycles. The summed E-state index contributed by atoms with van der Waals surface area (Å²) in [5.74, 6) is -0.0108. The molecular weight excluding hydrogens is 227 g/mol. The average Bonchev–Trinajstić information content (AvgIpc) is 2.94. The molecule has 0 radical (unpaired) electrons. The summed E-state index contributed by atoms with van der Waals surface area (Å²) in [7, 11) is 4.27. The van der Waals surface area contributed by atoms with E-state index in [-0.39, 0.29) is 5.82 Å². The molecule has 0 N–H and O–H groups in total. The third kappa shape index (κ3) is 1.95. The first-order chi connectivity index (χ1) is 8.66. The van der Waals surface area contributed by atoms with E-state index >= 15 is 0 Å². The van der Waals surface area contributed by atoms with Gasteiger partial charge in [0.1, 0.15) is 5.82 Å². The molecule has 3 rings (SSSR count). The van der Waals surface area contributed by atoms with E-state index in [1.807, 2.05) is 6.07 Å². The third-order valence-electron chi connectivity index (χ3n) is 4.53. The van der Waals surface area contributed by atoms with Crippen molar-refractivity contribution in [2.75, 3.05) is 27.2 Å². The molecule has 3 heteroatoms. The van der Waals surface area contributed by atoms with Gasteiger partial charge in [0.25, 0.3) is 0 Å². The molecule has 0 aromatic heterocycles. The first-order valence-electron chi connectivity index (χ1n) is 6.84. The van der Waals surface area contributed by atoms with Gasteiger partial charge in [0.05, 0.1) is 0 Å². The van der Waals surface area contributed by atoms with Crippen LogP contribution >= 0.6 is 0 Å². The van der Waals surface area contributed by atoms with E-state index in [1.165, 1.54) is 12.0 Å². The van der Waals surface area contributed by atoms with Gasteiger partial charge in [-0.1, -0.05) is 12.1 Å². The summed E-state index contributed by atoms with van der Waals surface area (Å²) >= 11 is 0. The molecule has 0 unspecified atom stereocenters. The van der Waals surface area contributed by atoms with Crippen molar-refractivity contribution in [2.45, 2.75) is 31.3 Å². The number of aryl methyl sites for hydroxylation is 1. The lowest BCUT2D eigenvalue weighted by Gasteiger charge is -2.26. The highest BCUT2D eigenvalue weighted by atomic mass is 19.1. The Labute approximate surface area is 108 Å². The first-order valence-corrected chi connectivity index (χ1v) is 6.84. The highest BCUT2D eigenvalue weighted by molar-refractivity contribution is 5.36. The molecule has 1 aromatic rings. The molecule has 18 heavy (non-hydrogen) atoms. The number of benzene rings is 1. The highest BCUT2D eigenvalue weighted by Gasteiger charge is 2.35. The Kier molecular flexibility index (Phi) is 3.12. The highest BCUT2D eigenvalue weighted by Crippen LogP contribution is 2.39. The zero-order valence-corrected chi connectivity index (χ0v) is 11.2. The van der Waals surface area contributed by atoms with Crippen LogP contribution in [0.5, 0.6) is 0 Å². The Hall–Kier alpha value is -0.930. The summed E-state index contributed by atoms with van der Waals surface area (Å²) in [4.78, 5) is 4.76. The molecule has 1 aromatic carbocycles. The van der Waals surface area contributed by atoms with Crippen LogP contribution in [0.4, 0.5) is 4.39 Å². The van der Waals surface area contributed by atoms with Crippen LogP contribution in [0.1, 0.15) is 30.0 Å². The SMILES string of the molecule is CN(C)[C@@H]1CCN([C@H]2CCc3cccc(F)c32)C1. The van der Waals surface area contributed by atoms with Gasteiger partial charge in [-0.25, -0.2) is 4.39 Å². The maximum Gasteiger partial charge on any atom is 0.128 e. The van der Waals surface area contributed by atoms with Crippen molar-refractivity contribution in [2.24, 2.45) is 0 Å². The summed E-state index contributed by atoms with van der Waals surface area (Å²) in [5, 5.41) is 0. The second-order valence-electron chi connectivity index (χ2n) is 5.77. The van der Waals surface area contributed by atoms with Crippen LogP contribution in [0.25, 0.3) is 0 Å². The molecule has 1 saturated heterocycles. The lowest BCUT2D eigenvalue weighted by Crippen LogP contribution is -2.33. The lowest BCUT2D eigenvalue weighted by atomic mass is 10.1. The van der Waals surface area contributed by atoms with E-state index in [1.54, 1.807) is 6.07 Å². The maximum absolute atomic E-state index is 14.0. The van der Waals surface area contributed by atoms with Gasteiger partial charge in [0, 0.05) is 30.7 Å². The topological polar surface area (TPSA) is 6.48 Å². The molecule has 1 fully saturated rings. The van der Waals surface area contributed by atoms with E-state index in [9.17, 15) is 4.39 Å². The van der Waals surface area contributed by atoms with Gasteiger partial charge in [-0.3, -0.25) is 4.90 Å². The van der Waals surface area contributed by atoms with Crippen molar-refractivity contribution in [3.05, 3.63) is 35.1 Å². The van der Waals surface area contributed by atoms with Crippen molar-refractivity contribution in [3.63, 3.8) is 0 Å². The van der Waals surface area contributed by atoms with Crippen LogP contribution < -0.4 is 0 Å². The Morgan fingerprint density at radius 1 is 1.28 bits per heavy atom. The predicted octanol–water partition coefficient (Wildman–Crippen LogP) is 2.45. The summed E-state index contributed by atoms with van der Waals surface area (Å²) in [6, 6.07) is 6.46. The fraction of sp³-hybridized carbons (Fsp3) is 0.600. The van der Waals surface area contributed by atoms with Crippen LogP contribution in [0.3, 0.4) is 0 Å². The fourth-order valence-corrected chi connectivity index (χ4v) is 3.45. The summed E-state index contributed by atoms with van der Waals surface area (Å²) in [5.41, 5.74) is 2.19. The molecule has 1 heterocycles. The van der Waals surface area contributed by atoms with Crippen LogP contribution in [0.2, 0.25) is 0 Å². The quantitative estimate of drug-likeness (QED) is 0.793. The largest absolute Gasteiger partial charge is 0.305 e. The second-order valence-corrected chi connectivity index (χ2v) is 5.77. The summed E-state index contributed by atoms with van der Waals surface area (Å²) < 4.78 is 14.0. The van der Waals surface area contributed by atoms with Gasteiger partial charge in [-0.2, -0.15) is 0 Å². The van der Waals surface area contributed by atoms with Crippen molar-refractivity contribution < 1.29 is 4.39 Å². The van der Waals surface area contributed by atoms with E-state index in [0.717, 1.165) is 31.5 Å². The Bertz CT molecular complexity index is 444. The number of fused-ring (bicyclic) bond motifs is 1. The summed E-state index contributed by atoms with van der Waals surface area (Å²) in [6.45, 7) is 2.17. The number of likely N-dealkylation sites (tertiary alicyclic amines) is 1. The Balaban J connectivity index is 1.81. The van der Waals surface area contributed by atoms with Crippen LogP contribution in [-0.2, 0) is 6.42 Å². The fourth-order valence-electron chi connectivity index (χ4n) is 3.45. The Morgan fingerprint density at radius 3 is 2.83 bits per heavy atom. The minimum Gasteiger partial charge on any atom is -0.305 e. The standard InChI is InChI=1S/C15H21FN2/c1-17(2)12-8-9-18(10-12)14-7-6-11-4-3-5-13(16)15(11)14/h3-5,12,14H,6-10H2,1-2H3/t12-,14+/m1/s1. The number of rotatable bonds is 2. The number of likely N-dealkylation sites (N-methyl/N-ethyl adjacent to an activating group) is 1. The second kappa shape index (κ2) is 4.63. The van der Waals surface area contributed by atoms with E-state index in [0.29, 0.717) is 12.1 Å². The van der Waals surface area contributed by atoms with Gasteiger partial charge in [-0.05, 0) is 45.0 Å². The normalized spacial score (nSPS) is 28.0. The molecule has 1 aliphatic heterocycles. The van der Waals surface area contributed by atoms with Gasteiger partial charge in [-0.15, -0.1) is 0 Å². The summed E-state index contributed by atoms with van der Waals surface area (Å²) in [6.07, 6.45) is 3.31. The number of halogens is 1. The predicted molar refractivity (Wildman–Crippen MR) is 71.1 cm³/mol. The first kappa shape index (κ1) is 12.1. The Morgan fingerprint density at radius 2 is 2.11 bits per heavy atom. The minimum absolute atomic E-state index is 0.0108. The molecule has 2 atom stereocenters. The molecular formula is C15H21FN2. The van der Waals surface area contributed by atoms with E-state index < -0.39 is 0 Å². The molecule has 0 amide bonds. The van der Waals surface area contributed by atoms with Crippen molar-refractivity contribution in [1.82, 2.24) is 9.80 Å². The zero-order valence-electron chi connectivity index (χ0n) is 11.2. The van der Waals surface area contributed by atoms with Gasteiger partial charge in [0.2, 0.25) is 0 Å². The molecule has 98 valence electrons. The van der Waals surface area contributed by atoms with E-state index in [2.05, 4.69) is 30.0 Å². The molecule has 0 spiro atoms. The maximum atomic E-state index is 14.0. The zero-order chi connectivity index (χ0) is 12.7. The van der Waals surface area contributed by atoms with Gasteiger partial charge >= 0.3 is 0 Å². The van der Waals surface area contributed by atoms with Gasteiger partial charge < -0.3 is 4.90 Å². The van der Waals surface area contributed by atoms with Crippen LogP contribution in [-0.4, -0.2) is 43.0 Å². The number of hydrogen-bond acceptors (Lipinski definition) is 2. The van der Waals surface area contributed by atoms with Gasteiger partial charge in [0.15, 0.2) is 0 Å². The van der Waals surface area contributed by atoms with Crippen molar-refractivity contribution in [1.29, 1.82) is 0 Å². The average molecular weight is 248 g/mol. The van der Waals surface area contributed by atoms with Crippen molar-refractivity contribution >= 4 is 0 Å². The van der Waals surface area contributed by atoms with Crippen LogP contribution in [0.15, 0.2) is 18.2 Å². The molecule has 0 bridgehead atoms. The molecule has 2 nitrogen and oxygen atoms in total. The minimum atomic E-state index is -0.0108. The lowest BCUT2D eigenvalue weighted by molar-refractivity contribution is 0.213. The number of hydrogen-bond donors (Lipinski definition) is 0. The van der Waals surface area contributed by atoms with Crippen LogP contribution in [0, 0.1) is 5.82 Å². The molecule has 2 aliphatic rings. The van der Waals surface area contributed by atoms with Crippen molar-refractivity contribution in [3.8, 4) is 0 Å². The monoisotopic (exact) mass is 248 g/mol. The smallest absolute Gasteiger partial charge is 0.128 e. The molecule has 0 saturated carbocycles. The third-order valence-corrected chi connectivity index (χ3v) is 4.53.